The highest BCUT2D eigenvalue weighted by Gasteiger charge is 2.15. The Labute approximate surface area is 128 Å². The van der Waals surface area contributed by atoms with Gasteiger partial charge in [-0.05, 0) is 36.5 Å². The average Bonchev–Trinajstić information content (AvgIpc) is 2.54. The number of ether oxygens (including phenoxy) is 3. The summed E-state index contributed by atoms with van der Waals surface area (Å²) in [6, 6.07) is 4.14. The van der Waals surface area contributed by atoms with E-state index in [1.54, 1.807) is 21.3 Å². The van der Waals surface area contributed by atoms with E-state index in [0.29, 0.717) is 5.75 Å². The van der Waals surface area contributed by atoms with Gasteiger partial charge in [-0.25, -0.2) is 0 Å². The Hall–Kier alpha value is -1.38. The van der Waals surface area contributed by atoms with Gasteiger partial charge in [-0.1, -0.05) is 38.5 Å². The van der Waals surface area contributed by atoms with Gasteiger partial charge in [0.1, 0.15) is 0 Å². The van der Waals surface area contributed by atoms with Crippen LogP contribution in [0, 0.1) is 5.92 Å². The van der Waals surface area contributed by atoms with Gasteiger partial charge in [-0.3, -0.25) is 0 Å². The Morgan fingerprint density at radius 2 is 1.52 bits per heavy atom. The number of hydrogen-bond acceptors (Lipinski definition) is 3. The van der Waals surface area contributed by atoms with Crippen LogP contribution in [-0.4, -0.2) is 21.3 Å². The summed E-state index contributed by atoms with van der Waals surface area (Å²) < 4.78 is 16.2. The van der Waals surface area contributed by atoms with Crippen molar-refractivity contribution in [1.82, 2.24) is 0 Å². The first-order valence-corrected chi connectivity index (χ1v) is 8.07. The van der Waals surface area contributed by atoms with E-state index in [-0.39, 0.29) is 0 Å². The first kappa shape index (κ1) is 16.0. The van der Waals surface area contributed by atoms with Crippen LogP contribution in [0.2, 0.25) is 0 Å². The minimum absolute atomic E-state index is 0.677. The summed E-state index contributed by atoms with van der Waals surface area (Å²) in [5.41, 5.74) is 1.26. The first-order chi connectivity index (χ1) is 10.3. The quantitative estimate of drug-likeness (QED) is 0.734. The highest BCUT2D eigenvalue weighted by atomic mass is 16.5. The monoisotopic (exact) mass is 292 g/mol. The number of aryl methyl sites for hydroxylation is 1. The van der Waals surface area contributed by atoms with Gasteiger partial charge >= 0.3 is 0 Å². The summed E-state index contributed by atoms with van der Waals surface area (Å²) in [7, 11) is 4.98. The van der Waals surface area contributed by atoms with Crippen molar-refractivity contribution in [3.63, 3.8) is 0 Å². The molecule has 1 fully saturated rings. The maximum atomic E-state index is 5.41. The third-order valence-electron chi connectivity index (χ3n) is 4.53. The highest BCUT2D eigenvalue weighted by Crippen LogP contribution is 2.38. The van der Waals surface area contributed by atoms with Crippen molar-refractivity contribution in [2.24, 2.45) is 5.92 Å². The maximum absolute atomic E-state index is 5.41. The van der Waals surface area contributed by atoms with Crippen LogP contribution < -0.4 is 14.2 Å². The second-order valence-electron chi connectivity index (χ2n) is 5.93. The fourth-order valence-electron chi connectivity index (χ4n) is 3.35. The maximum Gasteiger partial charge on any atom is 0.203 e. The van der Waals surface area contributed by atoms with E-state index >= 15 is 0 Å². The van der Waals surface area contributed by atoms with Gasteiger partial charge in [-0.2, -0.15) is 0 Å². The predicted octanol–water partition coefficient (Wildman–Crippen LogP) is 4.62. The van der Waals surface area contributed by atoms with Crippen LogP contribution in [0.5, 0.6) is 17.2 Å². The molecule has 2 rings (SSSR count). The Kier molecular flexibility index (Phi) is 6.21. The number of benzene rings is 1. The molecule has 21 heavy (non-hydrogen) atoms. The molecule has 0 unspecified atom stereocenters. The summed E-state index contributed by atoms with van der Waals surface area (Å²) in [4.78, 5) is 0. The van der Waals surface area contributed by atoms with E-state index in [0.717, 1.165) is 23.8 Å². The minimum atomic E-state index is 0.677. The molecule has 1 saturated carbocycles. The fraction of sp³-hybridized carbons (Fsp3) is 0.667. The zero-order valence-electron chi connectivity index (χ0n) is 13.6. The molecule has 0 bridgehead atoms. The number of methoxy groups -OCH3 is 3. The molecule has 3 heteroatoms. The molecule has 1 aromatic rings. The molecule has 0 amide bonds. The lowest BCUT2D eigenvalue weighted by molar-refractivity contribution is 0.322. The van der Waals surface area contributed by atoms with E-state index in [1.165, 1.54) is 50.5 Å². The molecule has 3 nitrogen and oxygen atoms in total. The smallest absolute Gasteiger partial charge is 0.203 e. The molecule has 0 atom stereocenters. The number of hydrogen-bond donors (Lipinski definition) is 0. The molecule has 1 aliphatic carbocycles. The normalized spacial score (nSPS) is 15.8. The van der Waals surface area contributed by atoms with Gasteiger partial charge in [0.2, 0.25) is 5.75 Å². The van der Waals surface area contributed by atoms with Crippen molar-refractivity contribution in [2.45, 2.75) is 51.4 Å². The molecule has 0 spiro atoms. The van der Waals surface area contributed by atoms with Crippen LogP contribution in [0.4, 0.5) is 0 Å². The van der Waals surface area contributed by atoms with Crippen molar-refractivity contribution in [2.75, 3.05) is 21.3 Å². The lowest BCUT2D eigenvalue weighted by Gasteiger charge is -2.21. The van der Waals surface area contributed by atoms with Crippen LogP contribution in [0.3, 0.4) is 0 Å². The molecule has 118 valence electrons. The molecule has 0 N–H and O–H groups in total. The number of rotatable bonds is 7. The zero-order chi connectivity index (χ0) is 15.1. The Morgan fingerprint density at radius 3 is 2.05 bits per heavy atom. The van der Waals surface area contributed by atoms with Crippen molar-refractivity contribution in [3.8, 4) is 17.2 Å². The summed E-state index contributed by atoms with van der Waals surface area (Å²) >= 11 is 0. The molecule has 0 aromatic heterocycles. The van der Waals surface area contributed by atoms with Crippen LogP contribution in [0.15, 0.2) is 12.1 Å². The van der Waals surface area contributed by atoms with Crippen LogP contribution in [-0.2, 0) is 6.42 Å². The SMILES string of the molecule is COc1cc(CCCC2CCCCC2)cc(OC)c1OC. The molecule has 0 aliphatic heterocycles. The van der Waals surface area contributed by atoms with E-state index in [9.17, 15) is 0 Å². The van der Waals surface area contributed by atoms with Gasteiger partial charge in [0.05, 0.1) is 21.3 Å². The van der Waals surface area contributed by atoms with E-state index in [4.69, 9.17) is 14.2 Å². The van der Waals surface area contributed by atoms with Gasteiger partial charge in [-0.15, -0.1) is 0 Å². The second kappa shape index (κ2) is 8.16. The third kappa shape index (κ3) is 4.29. The Bertz CT molecular complexity index is 411. The van der Waals surface area contributed by atoms with Crippen LogP contribution in [0.25, 0.3) is 0 Å². The molecule has 1 aliphatic rings. The molecular formula is C18H28O3. The Morgan fingerprint density at radius 1 is 0.905 bits per heavy atom. The molecular weight excluding hydrogens is 264 g/mol. The van der Waals surface area contributed by atoms with Crippen molar-refractivity contribution >= 4 is 0 Å². The molecule has 0 saturated heterocycles. The van der Waals surface area contributed by atoms with Gasteiger partial charge in [0.15, 0.2) is 11.5 Å². The summed E-state index contributed by atoms with van der Waals surface area (Å²) in [6.45, 7) is 0. The predicted molar refractivity (Wildman–Crippen MR) is 85.6 cm³/mol. The lowest BCUT2D eigenvalue weighted by atomic mass is 9.85. The fourth-order valence-corrected chi connectivity index (χ4v) is 3.35. The lowest BCUT2D eigenvalue weighted by Crippen LogP contribution is -2.06. The van der Waals surface area contributed by atoms with Gasteiger partial charge in [0.25, 0.3) is 0 Å². The average molecular weight is 292 g/mol. The molecule has 1 aromatic carbocycles. The molecule has 0 heterocycles. The second-order valence-corrected chi connectivity index (χ2v) is 5.93. The van der Waals surface area contributed by atoms with Gasteiger partial charge < -0.3 is 14.2 Å². The zero-order valence-corrected chi connectivity index (χ0v) is 13.6. The minimum Gasteiger partial charge on any atom is -0.493 e. The molecule has 0 radical (unpaired) electrons. The largest absolute Gasteiger partial charge is 0.493 e. The topological polar surface area (TPSA) is 27.7 Å². The van der Waals surface area contributed by atoms with Crippen molar-refractivity contribution in [3.05, 3.63) is 17.7 Å². The third-order valence-corrected chi connectivity index (χ3v) is 4.53. The summed E-state index contributed by atoms with van der Waals surface area (Å²) in [6.07, 6.45) is 10.8. The van der Waals surface area contributed by atoms with Crippen molar-refractivity contribution < 1.29 is 14.2 Å². The highest BCUT2D eigenvalue weighted by molar-refractivity contribution is 5.53. The van der Waals surface area contributed by atoms with Crippen LogP contribution in [0.1, 0.15) is 50.5 Å². The standard InChI is InChI=1S/C18H28O3/c1-19-16-12-15(13-17(20-2)18(16)21-3)11-7-10-14-8-5-4-6-9-14/h12-14H,4-11H2,1-3H3. The summed E-state index contributed by atoms with van der Waals surface area (Å²) in [5, 5.41) is 0. The van der Waals surface area contributed by atoms with Crippen molar-refractivity contribution in [1.29, 1.82) is 0 Å². The van der Waals surface area contributed by atoms with E-state index in [2.05, 4.69) is 12.1 Å². The van der Waals surface area contributed by atoms with Gasteiger partial charge in [0, 0.05) is 0 Å². The van der Waals surface area contributed by atoms with Crippen LogP contribution >= 0.6 is 0 Å². The van der Waals surface area contributed by atoms with E-state index < -0.39 is 0 Å². The first-order valence-electron chi connectivity index (χ1n) is 8.07. The van der Waals surface area contributed by atoms with E-state index in [1.807, 2.05) is 0 Å². The summed E-state index contributed by atoms with van der Waals surface area (Å²) in [5.74, 6) is 3.13. The Balaban J connectivity index is 1.95.